The van der Waals surface area contributed by atoms with Gasteiger partial charge in [-0.15, -0.1) is 0 Å². The van der Waals surface area contributed by atoms with Crippen molar-refractivity contribution in [2.24, 2.45) is 0 Å². The molecule has 1 atom stereocenters. The summed E-state index contributed by atoms with van der Waals surface area (Å²) in [5, 5.41) is 15.9. The Morgan fingerprint density at radius 2 is 2.12 bits per heavy atom. The molecule has 2 aromatic rings. The Morgan fingerprint density at radius 3 is 2.80 bits per heavy atom. The summed E-state index contributed by atoms with van der Waals surface area (Å²) in [4.78, 5) is 14.6. The van der Waals surface area contributed by atoms with E-state index in [1.807, 2.05) is 0 Å². The van der Waals surface area contributed by atoms with Crippen LogP contribution in [0.4, 0.5) is 4.39 Å². The summed E-state index contributed by atoms with van der Waals surface area (Å²) in [6.45, 7) is 3.33. The zero-order chi connectivity index (χ0) is 17.8. The lowest BCUT2D eigenvalue weighted by Gasteiger charge is -2.28. The Balaban J connectivity index is 1.76. The number of carbonyl (C=O) groups is 1. The van der Waals surface area contributed by atoms with Crippen LogP contribution in [0.1, 0.15) is 46.3 Å². The fourth-order valence-corrected chi connectivity index (χ4v) is 3.26. The van der Waals surface area contributed by atoms with Crippen LogP contribution < -0.4 is 5.32 Å². The van der Waals surface area contributed by atoms with Gasteiger partial charge in [-0.05, 0) is 38.9 Å². The highest BCUT2D eigenvalue weighted by atomic mass is 19.1. The number of hydrogen-bond donors (Lipinski definition) is 2. The summed E-state index contributed by atoms with van der Waals surface area (Å²) >= 11 is 0. The molecule has 2 heterocycles. The van der Waals surface area contributed by atoms with Crippen molar-refractivity contribution in [3.63, 3.8) is 0 Å². The number of halogens is 1. The van der Waals surface area contributed by atoms with Crippen LogP contribution in [0.5, 0.6) is 0 Å². The number of carbonyl (C=O) groups excluding carboxylic acids is 1. The maximum atomic E-state index is 14.3. The summed E-state index contributed by atoms with van der Waals surface area (Å²) in [7, 11) is 0. The summed E-state index contributed by atoms with van der Waals surface area (Å²) < 4.78 is 19.2. The lowest BCUT2D eigenvalue weighted by molar-refractivity contribution is 0.0925. The highest BCUT2D eigenvalue weighted by Gasteiger charge is 2.27. The summed E-state index contributed by atoms with van der Waals surface area (Å²) in [5.41, 5.74) is 1.03. The highest BCUT2D eigenvalue weighted by Crippen LogP contribution is 2.26. The molecule has 0 bridgehead atoms. The van der Waals surface area contributed by atoms with Gasteiger partial charge in [0, 0.05) is 12.1 Å². The molecule has 1 aromatic heterocycles. The van der Waals surface area contributed by atoms with Gasteiger partial charge < -0.3 is 14.9 Å². The standard InChI is InChI=1S/C18H22FN3O3/c1-12-14(11-23)17(21-25-12)18(24)20-10-16(22-8-4-5-9-22)13-6-2-3-7-15(13)19/h2-3,6-7,16,23H,4-5,8-11H2,1H3,(H,20,24)/t16-/m1/s1. The van der Waals surface area contributed by atoms with Crippen LogP contribution in [-0.4, -0.2) is 40.7 Å². The molecular weight excluding hydrogens is 325 g/mol. The molecule has 7 heteroatoms. The van der Waals surface area contributed by atoms with Crippen molar-refractivity contribution in [1.29, 1.82) is 0 Å². The van der Waals surface area contributed by atoms with E-state index in [4.69, 9.17) is 4.52 Å². The number of likely N-dealkylation sites (tertiary alicyclic amines) is 1. The van der Waals surface area contributed by atoms with Gasteiger partial charge in [0.25, 0.3) is 5.91 Å². The smallest absolute Gasteiger partial charge is 0.273 e. The normalized spacial score (nSPS) is 16.1. The summed E-state index contributed by atoms with van der Waals surface area (Å²) in [5.74, 6) is -0.291. The first-order valence-corrected chi connectivity index (χ1v) is 8.44. The summed E-state index contributed by atoms with van der Waals surface area (Å²) in [6.07, 6.45) is 2.13. The number of aliphatic hydroxyl groups excluding tert-OH is 1. The Labute approximate surface area is 145 Å². The molecule has 1 aliphatic rings. The van der Waals surface area contributed by atoms with Gasteiger partial charge in [-0.25, -0.2) is 4.39 Å². The predicted octanol–water partition coefficient (Wildman–Crippen LogP) is 2.18. The molecule has 1 fully saturated rings. The van der Waals surface area contributed by atoms with Crippen molar-refractivity contribution in [3.8, 4) is 0 Å². The molecule has 1 amide bonds. The van der Waals surface area contributed by atoms with Crippen molar-refractivity contribution >= 4 is 5.91 Å². The number of aryl methyl sites for hydroxylation is 1. The predicted molar refractivity (Wildman–Crippen MR) is 89.4 cm³/mol. The van der Waals surface area contributed by atoms with Crippen LogP contribution in [0.3, 0.4) is 0 Å². The number of aromatic nitrogens is 1. The third-order valence-electron chi connectivity index (χ3n) is 4.66. The van der Waals surface area contributed by atoms with E-state index >= 15 is 0 Å². The molecule has 0 saturated carbocycles. The van der Waals surface area contributed by atoms with E-state index in [0.717, 1.165) is 25.9 Å². The largest absolute Gasteiger partial charge is 0.391 e. The van der Waals surface area contributed by atoms with E-state index in [9.17, 15) is 14.3 Å². The van der Waals surface area contributed by atoms with E-state index in [2.05, 4.69) is 15.4 Å². The van der Waals surface area contributed by atoms with E-state index in [1.165, 1.54) is 6.07 Å². The van der Waals surface area contributed by atoms with Gasteiger partial charge in [0.2, 0.25) is 0 Å². The molecule has 6 nitrogen and oxygen atoms in total. The zero-order valence-corrected chi connectivity index (χ0v) is 14.2. The van der Waals surface area contributed by atoms with Crippen molar-refractivity contribution in [2.45, 2.75) is 32.4 Å². The summed E-state index contributed by atoms with van der Waals surface area (Å²) in [6, 6.07) is 6.41. The lowest BCUT2D eigenvalue weighted by atomic mass is 10.0. The number of rotatable bonds is 6. The average molecular weight is 347 g/mol. The first-order valence-electron chi connectivity index (χ1n) is 8.44. The number of aliphatic hydroxyl groups is 1. The number of benzene rings is 1. The average Bonchev–Trinajstić information content (AvgIpc) is 3.26. The topological polar surface area (TPSA) is 78.6 Å². The van der Waals surface area contributed by atoms with E-state index < -0.39 is 5.91 Å². The van der Waals surface area contributed by atoms with Crippen molar-refractivity contribution in [3.05, 3.63) is 52.7 Å². The minimum absolute atomic E-state index is 0.0775. The monoisotopic (exact) mass is 347 g/mol. The maximum absolute atomic E-state index is 14.3. The first kappa shape index (κ1) is 17.6. The Kier molecular flexibility index (Phi) is 5.45. The Morgan fingerprint density at radius 1 is 1.40 bits per heavy atom. The highest BCUT2D eigenvalue weighted by molar-refractivity contribution is 5.93. The third kappa shape index (κ3) is 3.72. The van der Waals surface area contributed by atoms with Crippen LogP contribution in [0, 0.1) is 12.7 Å². The zero-order valence-electron chi connectivity index (χ0n) is 14.2. The van der Waals surface area contributed by atoms with Crippen LogP contribution >= 0.6 is 0 Å². The molecule has 0 radical (unpaired) electrons. The number of nitrogens with zero attached hydrogens (tertiary/aromatic N) is 2. The van der Waals surface area contributed by atoms with Crippen molar-refractivity contribution in [2.75, 3.05) is 19.6 Å². The molecular formula is C18H22FN3O3. The van der Waals surface area contributed by atoms with Gasteiger partial charge in [0.1, 0.15) is 11.6 Å². The molecule has 1 aliphatic heterocycles. The van der Waals surface area contributed by atoms with Crippen LogP contribution in [0.2, 0.25) is 0 Å². The fourth-order valence-electron chi connectivity index (χ4n) is 3.26. The molecule has 0 aliphatic carbocycles. The number of nitrogens with one attached hydrogen (secondary N) is 1. The van der Waals surface area contributed by atoms with E-state index in [-0.39, 0.29) is 30.7 Å². The fraction of sp³-hybridized carbons (Fsp3) is 0.444. The van der Waals surface area contributed by atoms with Crippen LogP contribution in [0.15, 0.2) is 28.8 Å². The molecule has 134 valence electrons. The molecule has 1 aromatic carbocycles. The molecule has 1 saturated heterocycles. The second-order valence-corrected chi connectivity index (χ2v) is 6.21. The van der Waals surface area contributed by atoms with Gasteiger partial charge in [-0.1, -0.05) is 23.4 Å². The SMILES string of the molecule is Cc1onc(C(=O)NC[C@H](c2ccccc2F)N2CCCC2)c1CO. The minimum Gasteiger partial charge on any atom is -0.391 e. The number of hydrogen-bond acceptors (Lipinski definition) is 5. The maximum Gasteiger partial charge on any atom is 0.273 e. The third-order valence-corrected chi connectivity index (χ3v) is 4.66. The van der Waals surface area contributed by atoms with Gasteiger partial charge in [-0.3, -0.25) is 9.69 Å². The van der Waals surface area contributed by atoms with Crippen molar-refractivity contribution in [1.82, 2.24) is 15.4 Å². The molecule has 0 spiro atoms. The van der Waals surface area contributed by atoms with E-state index in [1.54, 1.807) is 25.1 Å². The molecule has 25 heavy (non-hydrogen) atoms. The Hall–Kier alpha value is -2.25. The van der Waals surface area contributed by atoms with Crippen LogP contribution in [-0.2, 0) is 6.61 Å². The van der Waals surface area contributed by atoms with Crippen molar-refractivity contribution < 1.29 is 18.8 Å². The van der Waals surface area contributed by atoms with Crippen LogP contribution in [0.25, 0.3) is 0 Å². The molecule has 3 rings (SSSR count). The lowest BCUT2D eigenvalue weighted by Crippen LogP contribution is -2.37. The van der Waals surface area contributed by atoms with Gasteiger partial charge in [0.05, 0.1) is 18.2 Å². The van der Waals surface area contributed by atoms with Gasteiger partial charge in [0.15, 0.2) is 5.69 Å². The number of amides is 1. The molecule has 0 unspecified atom stereocenters. The molecule has 2 N–H and O–H groups in total. The second kappa shape index (κ2) is 7.76. The van der Waals surface area contributed by atoms with Gasteiger partial charge in [-0.2, -0.15) is 0 Å². The quantitative estimate of drug-likeness (QED) is 0.837. The van der Waals surface area contributed by atoms with E-state index in [0.29, 0.717) is 16.9 Å². The van der Waals surface area contributed by atoms with Gasteiger partial charge >= 0.3 is 0 Å². The second-order valence-electron chi connectivity index (χ2n) is 6.21. The Bertz CT molecular complexity index is 741. The first-order chi connectivity index (χ1) is 12.1. The minimum atomic E-state index is -0.429.